The summed E-state index contributed by atoms with van der Waals surface area (Å²) >= 11 is 6.11. The molecule has 0 spiro atoms. The van der Waals surface area contributed by atoms with E-state index < -0.39 is 17.6 Å². The van der Waals surface area contributed by atoms with Gasteiger partial charge in [0.25, 0.3) is 5.91 Å². The molecule has 3 N–H and O–H groups in total. The third-order valence-corrected chi connectivity index (χ3v) is 6.82. The average Bonchev–Trinajstić information content (AvgIpc) is 3.33. The molecular formula is C23H28ClF3N6O. The Bertz CT molecular complexity index is 1050. The number of aromatic nitrogens is 2. The molecule has 2 aliphatic rings. The summed E-state index contributed by atoms with van der Waals surface area (Å²) in [5.74, 6) is -0.933. The maximum atomic E-state index is 14.0. The molecule has 0 atom stereocenters. The number of anilines is 3. The molecule has 184 valence electrons. The van der Waals surface area contributed by atoms with Crippen molar-refractivity contribution in [3.8, 4) is 0 Å². The molecule has 0 unspecified atom stereocenters. The zero-order valence-electron chi connectivity index (χ0n) is 19.0. The molecule has 7 nitrogen and oxygen atoms in total. The van der Waals surface area contributed by atoms with Gasteiger partial charge in [-0.2, -0.15) is 13.2 Å². The summed E-state index contributed by atoms with van der Waals surface area (Å²) in [6.07, 6.45) is -0.0506. The summed E-state index contributed by atoms with van der Waals surface area (Å²) in [6.45, 7) is 5.09. The molecule has 0 aliphatic carbocycles. The number of rotatable bonds is 6. The van der Waals surface area contributed by atoms with Gasteiger partial charge in [-0.15, -0.1) is 0 Å². The van der Waals surface area contributed by atoms with Crippen molar-refractivity contribution in [2.24, 2.45) is 5.73 Å². The van der Waals surface area contributed by atoms with Crippen LogP contribution < -0.4 is 16.0 Å². The third kappa shape index (κ3) is 5.22. The lowest BCUT2D eigenvalue weighted by Crippen LogP contribution is -2.44. The molecule has 0 saturated carbocycles. The normalized spacial score (nSPS) is 17.9. The van der Waals surface area contributed by atoms with Gasteiger partial charge in [0, 0.05) is 30.5 Å². The molecule has 3 heterocycles. The van der Waals surface area contributed by atoms with Crippen molar-refractivity contribution >= 4 is 34.7 Å². The van der Waals surface area contributed by atoms with Crippen LogP contribution in [-0.4, -0.2) is 53.0 Å². The van der Waals surface area contributed by atoms with Crippen LogP contribution in [0, 0.1) is 0 Å². The van der Waals surface area contributed by atoms with E-state index in [1.807, 2.05) is 0 Å². The Hall–Kier alpha value is -2.59. The Labute approximate surface area is 201 Å². The van der Waals surface area contributed by atoms with E-state index in [0.717, 1.165) is 32.0 Å². The van der Waals surface area contributed by atoms with Crippen LogP contribution >= 0.6 is 11.6 Å². The maximum Gasteiger partial charge on any atom is 0.418 e. The fourth-order valence-electron chi connectivity index (χ4n) is 4.77. The van der Waals surface area contributed by atoms with Gasteiger partial charge in [0.1, 0.15) is 0 Å². The molecule has 0 bridgehead atoms. The highest BCUT2D eigenvalue weighted by Gasteiger charge is 2.37. The minimum atomic E-state index is -4.55. The van der Waals surface area contributed by atoms with Crippen LogP contribution in [0.15, 0.2) is 18.2 Å². The van der Waals surface area contributed by atoms with E-state index in [1.54, 1.807) is 11.8 Å². The number of amides is 1. The summed E-state index contributed by atoms with van der Waals surface area (Å²) in [5, 5.41) is 2.81. The summed E-state index contributed by atoms with van der Waals surface area (Å²) in [6, 6.07) is 4.46. The summed E-state index contributed by atoms with van der Waals surface area (Å²) in [4.78, 5) is 24.3. The highest BCUT2D eigenvalue weighted by atomic mass is 35.5. The number of piperidine rings is 1. The van der Waals surface area contributed by atoms with Crippen LogP contribution in [0.1, 0.15) is 54.4 Å². The van der Waals surface area contributed by atoms with Crippen LogP contribution in [0.4, 0.5) is 30.4 Å². The lowest BCUT2D eigenvalue weighted by Gasteiger charge is -2.38. The standard InChI is InChI=1S/C23H28ClF3N6O/c1-2-17-20(24)31-22(19(30-17)21(28)34)29-14-5-6-18(16(13-14)23(25,26)27)33-11-7-15(8-12-33)32-9-3-4-10-32/h5-6,13,15H,2-4,7-12H2,1H3,(H2,28,34)(H,29,31). The van der Waals surface area contributed by atoms with Crippen molar-refractivity contribution in [3.05, 3.63) is 40.3 Å². The van der Waals surface area contributed by atoms with Crippen molar-refractivity contribution < 1.29 is 18.0 Å². The minimum absolute atomic E-state index is 0.0588. The van der Waals surface area contributed by atoms with Gasteiger partial charge in [0.2, 0.25) is 0 Å². The summed E-state index contributed by atoms with van der Waals surface area (Å²) in [7, 11) is 0. The first-order valence-corrected chi connectivity index (χ1v) is 11.9. The molecule has 1 aromatic carbocycles. The maximum absolute atomic E-state index is 14.0. The monoisotopic (exact) mass is 496 g/mol. The SMILES string of the molecule is CCc1nc(C(N)=O)c(Nc2ccc(N3CCC(N4CCCC4)CC3)c(C(F)(F)F)c2)nc1Cl. The Morgan fingerprint density at radius 2 is 1.85 bits per heavy atom. The molecule has 4 rings (SSSR count). The van der Waals surface area contributed by atoms with Gasteiger partial charge in [-0.1, -0.05) is 18.5 Å². The van der Waals surface area contributed by atoms with Gasteiger partial charge >= 0.3 is 6.18 Å². The van der Waals surface area contributed by atoms with Crippen LogP contribution in [-0.2, 0) is 12.6 Å². The van der Waals surface area contributed by atoms with Crippen LogP contribution in [0.25, 0.3) is 0 Å². The van der Waals surface area contributed by atoms with E-state index in [1.165, 1.54) is 25.0 Å². The van der Waals surface area contributed by atoms with Crippen molar-refractivity contribution in [1.29, 1.82) is 0 Å². The first-order chi connectivity index (χ1) is 16.2. The van der Waals surface area contributed by atoms with Crippen LogP contribution in [0.3, 0.4) is 0 Å². The quantitative estimate of drug-likeness (QED) is 0.607. The fourth-order valence-corrected chi connectivity index (χ4v) is 5.03. The number of nitrogens with zero attached hydrogens (tertiary/aromatic N) is 4. The molecule has 2 aromatic rings. The van der Waals surface area contributed by atoms with Gasteiger partial charge in [0.15, 0.2) is 16.7 Å². The predicted octanol–water partition coefficient (Wildman–Crippen LogP) is 4.62. The predicted molar refractivity (Wildman–Crippen MR) is 126 cm³/mol. The number of primary amides is 1. The van der Waals surface area contributed by atoms with E-state index in [4.69, 9.17) is 17.3 Å². The number of hydrogen-bond donors (Lipinski definition) is 2. The van der Waals surface area contributed by atoms with Crippen molar-refractivity contribution in [2.45, 2.75) is 51.2 Å². The molecule has 11 heteroatoms. The van der Waals surface area contributed by atoms with Crippen LogP contribution in [0.2, 0.25) is 5.15 Å². The lowest BCUT2D eigenvalue weighted by molar-refractivity contribution is -0.137. The fraction of sp³-hybridized carbons (Fsp3) is 0.522. The van der Waals surface area contributed by atoms with E-state index in [0.29, 0.717) is 31.2 Å². The number of alkyl halides is 3. The molecule has 0 radical (unpaired) electrons. The second kappa shape index (κ2) is 9.95. The Morgan fingerprint density at radius 1 is 1.18 bits per heavy atom. The highest BCUT2D eigenvalue weighted by molar-refractivity contribution is 6.30. The largest absolute Gasteiger partial charge is 0.418 e. The average molecular weight is 497 g/mol. The van der Waals surface area contributed by atoms with Crippen molar-refractivity contribution in [3.63, 3.8) is 0 Å². The molecule has 2 saturated heterocycles. The first-order valence-electron chi connectivity index (χ1n) is 11.5. The number of aryl methyl sites for hydroxylation is 1. The first kappa shape index (κ1) is 24.5. The zero-order chi connectivity index (χ0) is 24.5. The second-order valence-corrected chi connectivity index (χ2v) is 9.05. The second-order valence-electron chi connectivity index (χ2n) is 8.69. The van der Waals surface area contributed by atoms with Crippen LogP contribution in [0.5, 0.6) is 0 Å². The summed E-state index contributed by atoms with van der Waals surface area (Å²) in [5.41, 5.74) is 5.12. The van der Waals surface area contributed by atoms with Gasteiger partial charge < -0.3 is 20.9 Å². The number of halogens is 4. The number of carbonyl (C=O) groups is 1. The Kier molecular flexibility index (Phi) is 7.18. The topological polar surface area (TPSA) is 87.4 Å². The number of nitrogens with two attached hydrogens (primary N) is 1. The zero-order valence-corrected chi connectivity index (χ0v) is 19.7. The Balaban J connectivity index is 1.59. The van der Waals surface area contributed by atoms with Gasteiger partial charge in [-0.3, -0.25) is 4.79 Å². The molecule has 34 heavy (non-hydrogen) atoms. The highest BCUT2D eigenvalue weighted by Crippen LogP contribution is 2.40. The smallest absolute Gasteiger partial charge is 0.371 e. The Morgan fingerprint density at radius 3 is 2.44 bits per heavy atom. The molecule has 1 aromatic heterocycles. The lowest BCUT2D eigenvalue weighted by atomic mass is 10.0. The van der Waals surface area contributed by atoms with Crippen molar-refractivity contribution in [2.75, 3.05) is 36.4 Å². The van der Waals surface area contributed by atoms with E-state index in [2.05, 4.69) is 20.2 Å². The van der Waals surface area contributed by atoms with Crippen molar-refractivity contribution in [1.82, 2.24) is 14.9 Å². The van der Waals surface area contributed by atoms with E-state index in [9.17, 15) is 18.0 Å². The minimum Gasteiger partial charge on any atom is -0.371 e. The number of benzene rings is 1. The number of nitrogens with one attached hydrogen (secondary N) is 1. The van der Waals surface area contributed by atoms with E-state index >= 15 is 0 Å². The number of carbonyl (C=O) groups excluding carboxylic acids is 1. The van der Waals surface area contributed by atoms with Gasteiger partial charge in [-0.05, 0) is 63.4 Å². The molecule has 2 fully saturated rings. The summed E-state index contributed by atoms with van der Waals surface area (Å²) < 4.78 is 42.1. The molecule has 2 aliphatic heterocycles. The number of likely N-dealkylation sites (tertiary alicyclic amines) is 1. The van der Waals surface area contributed by atoms with Gasteiger partial charge in [0.05, 0.1) is 11.3 Å². The molecule has 1 amide bonds. The third-order valence-electron chi connectivity index (χ3n) is 6.51. The number of hydrogen-bond acceptors (Lipinski definition) is 6. The molecular weight excluding hydrogens is 469 g/mol. The van der Waals surface area contributed by atoms with E-state index in [-0.39, 0.29) is 28.0 Å². The van der Waals surface area contributed by atoms with Gasteiger partial charge in [-0.25, -0.2) is 9.97 Å².